The second kappa shape index (κ2) is 10.6. The molecule has 206 valence electrons. The lowest BCUT2D eigenvalue weighted by Gasteiger charge is -2.28. The quantitative estimate of drug-likeness (QED) is 0.272. The third kappa shape index (κ3) is 5.10. The van der Waals surface area contributed by atoms with Crippen LogP contribution in [0.3, 0.4) is 0 Å². The Morgan fingerprint density at radius 3 is 2.73 bits per heavy atom. The molecule has 3 N–H and O–H groups in total. The van der Waals surface area contributed by atoms with Crippen molar-refractivity contribution in [2.24, 2.45) is 0 Å². The average Bonchev–Trinajstić information content (AvgIpc) is 3.54. The number of nitrogens with zero attached hydrogens (tertiary/aromatic N) is 5. The van der Waals surface area contributed by atoms with Gasteiger partial charge in [-0.15, -0.1) is 0 Å². The maximum absolute atomic E-state index is 14.3. The van der Waals surface area contributed by atoms with Gasteiger partial charge in [0.25, 0.3) is 11.8 Å². The van der Waals surface area contributed by atoms with Crippen LogP contribution in [-0.4, -0.2) is 41.8 Å². The van der Waals surface area contributed by atoms with Crippen molar-refractivity contribution in [3.8, 4) is 0 Å². The summed E-state index contributed by atoms with van der Waals surface area (Å²) >= 11 is 7.39. The van der Waals surface area contributed by atoms with Crippen LogP contribution >= 0.6 is 23.1 Å². The molecule has 0 saturated heterocycles. The normalized spacial score (nSPS) is 14.4. The summed E-state index contributed by atoms with van der Waals surface area (Å²) in [5.41, 5.74) is 0.787. The van der Waals surface area contributed by atoms with E-state index in [9.17, 15) is 23.2 Å². The highest BCUT2D eigenvalue weighted by atomic mass is 35.5. The molecule has 1 unspecified atom stereocenters. The highest BCUT2D eigenvalue weighted by Gasteiger charge is 2.36. The van der Waals surface area contributed by atoms with Gasteiger partial charge in [0.05, 0.1) is 28.7 Å². The van der Waals surface area contributed by atoms with Crippen molar-refractivity contribution in [2.45, 2.75) is 19.1 Å². The van der Waals surface area contributed by atoms with Crippen LogP contribution in [0.1, 0.15) is 44.1 Å². The summed E-state index contributed by atoms with van der Waals surface area (Å²) in [4.78, 5) is 43.8. The van der Waals surface area contributed by atoms with Crippen molar-refractivity contribution in [3.05, 3.63) is 99.9 Å². The van der Waals surface area contributed by atoms with Gasteiger partial charge in [0.1, 0.15) is 23.9 Å². The Hall–Kier alpha value is -4.82. The smallest absolute Gasteiger partial charge is 0.287 e. The third-order valence-electron chi connectivity index (χ3n) is 6.30. The number of hydrogen-bond donors (Lipinski definition) is 3. The molecule has 0 aliphatic carbocycles. The minimum Gasteiger partial charge on any atom is -0.344 e. The van der Waals surface area contributed by atoms with E-state index in [0.717, 1.165) is 23.7 Å². The maximum atomic E-state index is 14.3. The van der Waals surface area contributed by atoms with E-state index in [4.69, 9.17) is 11.6 Å². The number of amides is 3. The number of aromatic nitrogens is 5. The molecule has 1 aliphatic rings. The standard InChI is InChI=1S/C26H17ClF2N8O3S/c27-17-5-3-12(28)8-15(17)20-22-23(34-25(39)21-16-9-13(29)4-6-18(16)41-36-21)33-24(37(22)11-19(38)32-20)26(40)30-10-14-2-1-7-31-35-14/h1-9,20H,10-11H2,(H,30,40)(H,32,38)(H,34,39). The Labute approximate surface area is 238 Å². The Kier molecular flexibility index (Phi) is 6.85. The topological polar surface area (TPSA) is 144 Å². The van der Waals surface area contributed by atoms with E-state index in [1.54, 1.807) is 12.1 Å². The summed E-state index contributed by atoms with van der Waals surface area (Å²) in [6.45, 7) is -0.307. The zero-order valence-corrected chi connectivity index (χ0v) is 22.3. The predicted molar refractivity (Wildman–Crippen MR) is 144 cm³/mol. The van der Waals surface area contributed by atoms with Crippen LogP contribution in [0.5, 0.6) is 0 Å². The Balaban J connectivity index is 1.43. The molecule has 4 heterocycles. The van der Waals surface area contributed by atoms with E-state index in [1.165, 1.54) is 35.0 Å². The summed E-state index contributed by atoms with van der Waals surface area (Å²) < 4.78 is 34.3. The molecule has 3 aromatic heterocycles. The number of carbonyl (C=O) groups is 3. The van der Waals surface area contributed by atoms with Gasteiger partial charge in [-0.25, -0.2) is 13.8 Å². The molecule has 15 heteroatoms. The number of rotatable bonds is 6. The first-order chi connectivity index (χ1) is 19.8. The first-order valence-corrected chi connectivity index (χ1v) is 13.2. The highest BCUT2D eigenvalue weighted by molar-refractivity contribution is 7.13. The van der Waals surface area contributed by atoms with Crippen LogP contribution in [0.2, 0.25) is 5.02 Å². The van der Waals surface area contributed by atoms with Gasteiger partial charge < -0.3 is 20.5 Å². The SMILES string of the molecule is O=C1Cn2c(C(=O)NCc3cccnn3)nc(NC(=O)c3nsc4ccc(F)cc34)c2C(c2cc(F)ccc2Cl)N1. The van der Waals surface area contributed by atoms with E-state index in [0.29, 0.717) is 15.8 Å². The molecule has 2 aromatic carbocycles. The van der Waals surface area contributed by atoms with E-state index >= 15 is 0 Å². The van der Waals surface area contributed by atoms with Gasteiger partial charge in [-0.05, 0) is 60.1 Å². The summed E-state index contributed by atoms with van der Waals surface area (Å²) in [6, 6.07) is 9.84. The minimum absolute atomic E-state index is 0.0122. The van der Waals surface area contributed by atoms with Crippen LogP contribution in [0.4, 0.5) is 14.6 Å². The summed E-state index contributed by atoms with van der Waals surface area (Å²) in [7, 11) is 0. The molecule has 0 saturated carbocycles. The Bertz CT molecular complexity index is 1850. The van der Waals surface area contributed by atoms with Crippen LogP contribution in [0, 0.1) is 11.6 Å². The van der Waals surface area contributed by atoms with Gasteiger partial charge in [0.2, 0.25) is 11.7 Å². The number of fused-ring (bicyclic) bond motifs is 2. The number of anilines is 1. The van der Waals surface area contributed by atoms with Gasteiger partial charge in [-0.1, -0.05) is 11.6 Å². The van der Waals surface area contributed by atoms with Crippen LogP contribution in [0.15, 0.2) is 54.7 Å². The molecule has 11 nitrogen and oxygen atoms in total. The number of benzene rings is 2. The fraction of sp³-hybridized carbons (Fsp3) is 0.115. The zero-order chi connectivity index (χ0) is 28.7. The Morgan fingerprint density at radius 1 is 1.12 bits per heavy atom. The van der Waals surface area contributed by atoms with E-state index in [2.05, 4.69) is 35.5 Å². The van der Waals surface area contributed by atoms with Crippen molar-refractivity contribution in [1.82, 2.24) is 34.8 Å². The zero-order valence-electron chi connectivity index (χ0n) is 20.7. The molecule has 5 aromatic rings. The fourth-order valence-corrected chi connectivity index (χ4v) is 5.46. The fourth-order valence-electron chi connectivity index (χ4n) is 4.48. The van der Waals surface area contributed by atoms with E-state index in [-0.39, 0.29) is 46.7 Å². The molecule has 1 aliphatic heterocycles. The van der Waals surface area contributed by atoms with Crippen molar-refractivity contribution in [2.75, 3.05) is 5.32 Å². The molecule has 41 heavy (non-hydrogen) atoms. The second-order valence-corrected chi connectivity index (χ2v) is 10.2. The lowest BCUT2D eigenvalue weighted by atomic mass is 10.0. The van der Waals surface area contributed by atoms with Crippen LogP contribution in [0.25, 0.3) is 10.1 Å². The van der Waals surface area contributed by atoms with Gasteiger partial charge in [0, 0.05) is 22.2 Å². The maximum Gasteiger partial charge on any atom is 0.287 e. The first kappa shape index (κ1) is 26.4. The molecule has 6 rings (SSSR count). The Morgan fingerprint density at radius 2 is 1.93 bits per heavy atom. The molecule has 0 spiro atoms. The number of imidazole rings is 1. The van der Waals surface area contributed by atoms with E-state index in [1.807, 2.05) is 0 Å². The van der Waals surface area contributed by atoms with Gasteiger partial charge in [-0.3, -0.25) is 14.4 Å². The van der Waals surface area contributed by atoms with E-state index < -0.39 is 35.4 Å². The van der Waals surface area contributed by atoms with Crippen molar-refractivity contribution in [3.63, 3.8) is 0 Å². The first-order valence-electron chi connectivity index (χ1n) is 12.0. The lowest BCUT2D eigenvalue weighted by molar-refractivity contribution is -0.123. The minimum atomic E-state index is -1.08. The summed E-state index contributed by atoms with van der Waals surface area (Å²) in [5, 5.41) is 16.2. The largest absolute Gasteiger partial charge is 0.344 e. The summed E-state index contributed by atoms with van der Waals surface area (Å²) in [6.07, 6.45) is 1.49. The number of hydrogen-bond acceptors (Lipinski definition) is 8. The monoisotopic (exact) mass is 594 g/mol. The third-order valence-corrected chi connectivity index (χ3v) is 7.47. The molecule has 0 fully saturated rings. The molecule has 0 bridgehead atoms. The number of carbonyl (C=O) groups excluding carboxylic acids is 3. The molecule has 0 radical (unpaired) electrons. The molecule has 1 atom stereocenters. The van der Waals surface area contributed by atoms with Crippen molar-refractivity contribution in [1.29, 1.82) is 0 Å². The van der Waals surface area contributed by atoms with Gasteiger partial charge >= 0.3 is 0 Å². The highest BCUT2D eigenvalue weighted by Crippen LogP contribution is 2.36. The average molecular weight is 595 g/mol. The van der Waals surface area contributed by atoms with Crippen molar-refractivity contribution >= 4 is 56.8 Å². The lowest BCUT2D eigenvalue weighted by Crippen LogP contribution is -2.41. The van der Waals surface area contributed by atoms with Gasteiger partial charge in [-0.2, -0.15) is 14.6 Å². The number of halogens is 3. The molecule has 3 amide bonds. The van der Waals surface area contributed by atoms with Crippen LogP contribution < -0.4 is 16.0 Å². The summed E-state index contributed by atoms with van der Waals surface area (Å²) in [5.74, 6) is -3.34. The predicted octanol–water partition coefficient (Wildman–Crippen LogP) is 3.62. The van der Waals surface area contributed by atoms with Crippen molar-refractivity contribution < 1.29 is 23.2 Å². The second-order valence-electron chi connectivity index (χ2n) is 8.95. The molecular weight excluding hydrogens is 578 g/mol. The van der Waals surface area contributed by atoms with Crippen LogP contribution in [-0.2, 0) is 17.9 Å². The van der Waals surface area contributed by atoms with Gasteiger partial charge in [0.15, 0.2) is 5.82 Å². The molecular formula is C26H17ClF2N8O3S. The number of nitrogens with one attached hydrogen (secondary N) is 3.